The summed E-state index contributed by atoms with van der Waals surface area (Å²) in [6.07, 6.45) is 1.51. The molecule has 2 amide bonds. The fourth-order valence-electron chi connectivity index (χ4n) is 3.27. The van der Waals surface area contributed by atoms with Gasteiger partial charge in [-0.15, -0.1) is 0 Å². The molecule has 7 heteroatoms. The van der Waals surface area contributed by atoms with Crippen LogP contribution >= 0.6 is 11.6 Å². The zero-order valence-electron chi connectivity index (χ0n) is 15.9. The number of likely N-dealkylation sites (tertiary alicyclic amines) is 1. The Bertz CT molecular complexity index is 832. The van der Waals surface area contributed by atoms with E-state index in [1.54, 1.807) is 61.6 Å². The summed E-state index contributed by atoms with van der Waals surface area (Å²) in [7, 11) is 3.11. The van der Waals surface area contributed by atoms with Gasteiger partial charge in [-0.3, -0.25) is 9.59 Å². The normalized spacial score (nSPS) is 16.4. The standard InChI is InChI=1S/C21H23ClN2O4/c1-27-18-10-17(11-19(12-18)28-2)23-20(25)15-4-3-9-24(13-15)21(26)14-5-7-16(22)8-6-14/h5-8,10-12,15H,3-4,9,13H2,1-2H3,(H,23,25)/t15-/m1/s1. The highest BCUT2D eigenvalue weighted by Crippen LogP contribution is 2.27. The van der Waals surface area contributed by atoms with Gasteiger partial charge in [-0.1, -0.05) is 11.6 Å². The molecule has 1 aliphatic rings. The molecular formula is C21H23ClN2O4. The summed E-state index contributed by atoms with van der Waals surface area (Å²) in [6, 6.07) is 12.0. The lowest BCUT2D eigenvalue weighted by Crippen LogP contribution is -2.43. The van der Waals surface area contributed by atoms with E-state index in [2.05, 4.69) is 5.32 Å². The first-order valence-electron chi connectivity index (χ1n) is 9.09. The SMILES string of the molecule is COc1cc(NC(=O)[C@@H]2CCCN(C(=O)c3ccc(Cl)cc3)C2)cc(OC)c1. The van der Waals surface area contributed by atoms with Crippen molar-refractivity contribution in [2.24, 2.45) is 5.92 Å². The van der Waals surface area contributed by atoms with Gasteiger partial charge < -0.3 is 19.7 Å². The summed E-state index contributed by atoms with van der Waals surface area (Å²) < 4.78 is 10.5. The summed E-state index contributed by atoms with van der Waals surface area (Å²) in [5.74, 6) is 0.707. The lowest BCUT2D eigenvalue weighted by molar-refractivity contribution is -0.121. The van der Waals surface area contributed by atoms with Crippen LogP contribution < -0.4 is 14.8 Å². The third-order valence-corrected chi connectivity index (χ3v) is 5.04. The number of ether oxygens (including phenoxy) is 2. The minimum Gasteiger partial charge on any atom is -0.497 e. The van der Waals surface area contributed by atoms with E-state index in [4.69, 9.17) is 21.1 Å². The van der Waals surface area contributed by atoms with Crippen LogP contribution in [0.25, 0.3) is 0 Å². The minimum absolute atomic E-state index is 0.0859. The van der Waals surface area contributed by atoms with Crippen molar-refractivity contribution in [2.45, 2.75) is 12.8 Å². The van der Waals surface area contributed by atoms with Gasteiger partial charge in [0.2, 0.25) is 5.91 Å². The fourth-order valence-corrected chi connectivity index (χ4v) is 3.40. The monoisotopic (exact) mass is 402 g/mol. The molecule has 1 aliphatic heterocycles. The van der Waals surface area contributed by atoms with E-state index in [-0.39, 0.29) is 17.7 Å². The van der Waals surface area contributed by atoms with Gasteiger partial charge in [-0.05, 0) is 37.1 Å². The molecular weight excluding hydrogens is 380 g/mol. The lowest BCUT2D eigenvalue weighted by atomic mass is 9.96. The van der Waals surface area contributed by atoms with Crippen molar-refractivity contribution >= 4 is 29.1 Å². The number of nitrogens with one attached hydrogen (secondary N) is 1. The van der Waals surface area contributed by atoms with Crippen molar-refractivity contribution in [3.63, 3.8) is 0 Å². The Balaban J connectivity index is 1.67. The summed E-state index contributed by atoms with van der Waals surface area (Å²) in [6.45, 7) is 1.02. The molecule has 1 fully saturated rings. The molecule has 0 spiro atoms. The number of benzene rings is 2. The van der Waals surface area contributed by atoms with Gasteiger partial charge in [0.05, 0.1) is 20.1 Å². The second-order valence-corrected chi connectivity index (χ2v) is 7.12. The largest absolute Gasteiger partial charge is 0.497 e. The molecule has 0 aliphatic carbocycles. The molecule has 28 heavy (non-hydrogen) atoms. The molecule has 0 bridgehead atoms. The van der Waals surface area contributed by atoms with Crippen molar-refractivity contribution in [2.75, 3.05) is 32.6 Å². The predicted molar refractivity (Wildman–Crippen MR) is 108 cm³/mol. The summed E-state index contributed by atoms with van der Waals surface area (Å²) in [5, 5.41) is 3.50. The molecule has 0 radical (unpaired) electrons. The van der Waals surface area contributed by atoms with Gasteiger partial charge in [0, 0.05) is 47.6 Å². The van der Waals surface area contributed by atoms with Gasteiger partial charge in [-0.2, -0.15) is 0 Å². The maximum Gasteiger partial charge on any atom is 0.253 e. The van der Waals surface area contributed by atoms with Crippen LogP contribution in [0.15, 0.2) is 42.5 Å². The zero-order chi connectivity index (χ0) is 20.1. The molecule has 0 saturated carbocycles. The van der Waals surface area contributed by atoms with Crippen molar-refractivity contribution in [1.82, 2.24) is 4.90 Å². The first-order chi connectivity index (χ1) is 13.5. The first kappa shape index (κ1) is 20.0. The number of amides is 2. The molecule has 148 valence electrons. The number of methoxy groups -OCH3 is 2. The van der Waals surface area contributed by atoms with Crippen molar-refractivity contribution in [3.05, 3.63) is 53.1 Å². The Labute approximate surface area is 169 Å². The van der Waals surface area contributed by atoms with Crippen molar-refractivity contribution in [1.29, 1.82) is 0 Å². The van der Waals surface area contributed by atoms with Crippen molar-refractivity contribution in [3.8, 4) is 11.5 Å². The van der Waals surface area contributed by atoms with Crippen LogP contribution in [0, 0.1) is 5.92 Å². The van der Waals surface area contributed by atoms with E-state index in [0.717, 1.165) is 12.8 Å². The maximum absolute atomic E-state index is 12.8. The summed E-state index contributed by atoms with van der Waals surface area (Å²) >= 11 is 5.89. The minimum atomic E-state index is -0.276. The number of carbonyl (C=O) groups is 2. The topological polar surface area (TPSA) is 67.9 Å². The highest BCUT2D eigenvalue weighted by molar-refractivity contribution is 6.30. The number of halogens is 1. The molecule has 2 aromatic rings. The number of hydrogen-bond donors (Lipinski definition) is 1. The maximum atomic E-state index is 12.8. The smallest absolute Gasteiger partial charge is 0.253 e. The third kappa shape index (κ3) is 4.75. The van der Waals surface area contributed by atoms with E-state index in [1.807, 2.05) is 0 Å². The highest BCUT2D eigenvalue weighted by Gasteiger charge is 2.29. The van der Waals surface area contributed by atoms with Crippen molar-refractivity contribution < 1.29 is 19.1 Å². The molecule has 1 heterocycles. The molecule has 2 aromatic carbocycles. The van der Waals surface area contributed by atoms with Crippen LogP contribution in [0.1, 0.15) is 23.2 Å². The van der Waals surface area contributed by atoms with Gasteiger partial charge in [0.15, 0.2) is 0 Å². The molecule has 1 atom stereocenters. The Kier molecular flexibility index (Phi) is 6.41. The first-order valence-corrected chi connectivity index (χ1v) is 9.46. The highest BCUT2D eigenvalue weighted by atomic mass is 35.5. The average Bonchev–Trinajstić information content (AvgIpc) is 2.73. The average molecular weight is 403 g/mol. The van der Waals surface area contributed by atoms with Gasteiger partial charge in [-0.25, -0.2) is 0 Å². The van der Waals surface area contributed by atoms with E-state index < -0.39 is 0 Å². The number of nitrogens with zero attached hydrogens (tertiary/aromatic N) is 1. The Morgan fingerprint density at radius 1 is 1.07 bits per heavy atom. The van der Waals surface area contributed by atoms with E-state index in [1.165, 1.54) is 0 Å². The predicted octanol–water partition coefficient (Wildman–Crippen LogP) is 3.85. The van der Waals surface area contributed by atoms with Crippen LogP contribution in [-0.2, 0) is 4.79 Å². The van der Waals surface area contributed by atoms with Crippen LogP contribution in [-0.4, -0.2) is 44.0 Å². The van der Waals surface area contributed by atoms with Crippen LogP contribution in [0.4, 0.5) is 5.69 Å². The van der Waals surface area contributed by atoms with Gasteiger partial charge in [0.25, 0.3) is 5.91 Å². The van der Waals surface area contributed by atoms with Crippen LogP contribution in [0.2, 0.25) is 5.02 Å². The van der Waals surface area contributed by atoms with E-state index in [0.29, 0.717) is 40.9 Å². The lowest BCUT2D eigenvalue weighted by Gasteiger charge is -2.32. The number of hydrogen-bond acceptors (Lipinski definition) is 4. The molecule has 6 nitrogen and oxygen atoms in total. The zero-order valence-corrected chi connectivity index (χ0v) is 16.7. The molecule has 0 aromatic heterocycles. The second-order valence-electron chi connectivity index (χ2n) is 6.69. The molecule has 1 N–H and O–H groups in total. The number of rotatable bonds is 5. The number of piperidine rings is 1. The Morgan fingerprint density at radius 2 is 1.71 bits per heavy atom. The number of carbonyl (C=O) groups excluding carboxylic acids is 2. The summed E-state index contributed by atoms with van der Waals surface area (Å²) in [5.41, 5.74) is 1.17. The fraction of sp³-hybridized carbons (Fsp3) is 0.333. The Hall–Kier alpha value is -2.73. The number of anilines is 1. The molecule has 1 saturated heterocycles. The second kappa shape index (κ2) is 8.97. The van der Waals surface area contributed by atoms with Gasteiger partial charge >= 0.3 is 0 Å². The van der Waals surface area contributed by atoms with E-state index in [9.17, 15) is 9.59 Å². The quantitative estimate of drug-likeness (QED) is 0.824. The van der Waals surface area contributed by atoms with Crippen LogP contribution in [0.3, 0.4) is 0 Å². The molecule has 3 rings (SSSR count). The van der Waals surface area contributed by atoms with Gasteiger partial charge in [0.1, 0.15) is 11.5 Å². The molecule has 0 unspecified atom stereocenters. The van der Waals surface area contributed by atoms with E-state index >= 15 is 0 Å². The Morgan fingerprint density at radius 3 is 2.32 bits per heavy atom. The third-order valence-electron chi connectivity index (χ3n) is 4.79. The summed E-state index contributed by atoms with van der Waals surface area (Å²) in [4.78, 5) is 27.2. The van der Waals surface area contributed by atoms with Crippen LogP contribution in [0.5, 0.6) is 11.5 Å².